The lowest BCUT2D eigenvalue weighted by Gasteiger charge is -2.00. The smallest absolute Gasteiger partial charge is 0.272 e. The molecule has 5 N–H and O–H groups in total. The van der Waals surface area contributed by atoms with Crippen LogP contribution in [0, 0.1) is 0 Å². The van der Waals surface area contributed by atoms with Gasteiger partial charge < -0.3 is 16.8 Å². The Morgan fingerprint density at radius 2 is 2.07 bits per heavy atom. The summed E-state index contributed by atoms with van der Waals surface area (Å²) in [6, 6.07) is 2.84. The maximum absolute atomic E-state index is 11.2. The van der Waals surface area contributed by atoms with Crippen LogP contribution in [0.2, 0.25) is 0 Å². The minimum Gasteiger partial charge on any atom is -0.382 e. The maximum atomic E-state index is 11.2. The lowest BCUT2D eigenvalue weighted by molar-refractivity contribution is -0.117. The Balaban J connectivity index is 2.61. The van der Waals surface area contributed by atoms with Gasteiger partial charge in [-0.2, -0.15) is 0 Å². The van der Waals surface area contributed by atoms with Crippen LogP contribution in [0.4, 0.5) is 5.82 Å². The summed E-state index contributed by atoms with van der Waals surface area (Å²) in [4.78, 5) is 21.5. The first-order valence-corrected chi connectivity index (χ1v) is 3.75. The van der Waals surface area contributed by atoms with E-state index in [-0.39, 0.29) is 18.1 Å². The van der Waals surface area contributed by atoms with Crippen LogP contribution in [-0.2, 0) is 4.79 Å². The highest BCUT2D eigenvalue weighted by Gasteiger charge is 2.07. The van der Waals surface area contributed by atoms with Crippen molar-refractivity contribution in [2.24, 2.45) is 5.73 Å². The van der Waals surface area contributed by atoms with Gasteiger partial charge in [0.15, 0.2) is 5.69 Å². The SMILES string of the molecule is NC(=O)CNC(=O)c1ccc(N)nn1. The van der Waals surface area contributed by atoms with E-state index in [1.165, 1.54) is 12.1 Å². The van der Waals surface area contributed by atoms with Gasteiger partial charge in [-0.25, -0.2) is 0 Å². The molecule has 0 aliphatic rings. The molecule has 0 fully saturated rings. The third-order valence-corrected chi connectivity index (χ3v) is 1.34. The van der Waals surface area contributed by atoms with E-state index in [4.69, 9.17) is 11.5 Å². The van der Waals surface area contributed by atoms with Crippen molar-refractivity contribution in [3.8, 4) is 0 Å². The van der Waals surface area contributed by atoms with Gasteiger partial charge >= 0.3 is 0 Å². The molecule has 7 nitrogen and oxygen atoms in total. The number of carbonyl (C=O) groups is 2. The summed E-state index contributed by atoms with van der Waals surface area (Å²) >= 11 is 0. The first-order chi connectivity index (χ1) is 6.59. The Morgan fingerprint density at radius 3 is 2.57 bits per heavy atom. The molecule has 0 spiro atoms. The van der Waals surface area contributed by atoms with Crippen molar-refractivity contribution >= 4 is 17.6 Å². The summed E-state index contributed by atoms with van der Waals surface area (Å²) in [7, 11) is 0. The number of primary amides is 1. The van der Waals surface area contributed by atoms with Crippen molar-refractivity contribution in [2.75, 3.05) is 12.3 Å². The van der Waals surface area contributed by atoms with Crippen molar-refractivity contribution in [2.45, 2.75) is 0 Å². The molecule has 1 aromatic rings. The number of nitrogens with one attached hydrogen (secondary N) is 1. The number of aromatic nitrogens is 2. The molecule has 0 saturated heterocycles. The number of nitrogen functional groups attached to an aromatic ring is 1. The van der Waals surface area contributed by atoms with Gasteiger partial charge in [0, 0.05) is 0 Å². The Bertz CT molecular complexity index is 348. The van der Waals surface area contributed by atoms with E-state index in [1.54, 1.807) is 0 Å². The molecule has 0 saturated carbocycles. The zero-order chi connectivity index (χ0) is 10.6. The van der Waals surface area contributed by atoms with Gasteiger partial charge in [-0.15, -0.1) is 10.2 Å². The van der Waals surface area contributed by atoms with Crippen LogP contribution in [0.1, 0.15) is 10.5 Å². The van der Waals surface area contributed by atoms with E-state index in [9.17, 15) is 9.59 Å². The number of hydrogen-bond donors (Lipinski definition) is 3. The van der Waals surface area contributed by atoms with E-state index in [0.29, 0.717) is 0 Å². The van der Waals surface area contributed by atoms with Crippen molar-refractivity contribution < 1.29 is 9.59 Å². The topological polar surface area (TPSA) is 124 Å². The lowest BCUT2D eigenvalue weighted by Crippen LogP contribution is -2.33. The average Bonchev–Trinajstić information content (AvgIpc) is 2.15. The van der Waals surface area contributed by atoms with Crippen molar-refractivity contribution in [3.05, 3.63) is 17.8 Å². The predicted octanol–water partition coefficient (Wildman–Crippen LogP) is -1.73. The summed E-state index contributed by atoms with van der Waals surface area (Å²) < 4.78 is 0. The van der Waals surface area contributed by atoms with Gasteiger partial charge in [0.1, 0.15) is 5.82 Å². The first-order valence-electron chi connectivity index (χ1n) is 3.75. The number of amides is 2. The molecule has 14 heavy (non-hydrogen) atoms. The van der Waals surface area contributed by atoms with Crippen molar-refractivity contribution in [1.82, 2.24) is 15.5 Å². The van der Waals surface area contributed by atoms with E-state index in [2.05, 4.69) is 15.5 Å². The molecule has 2 amide bonds. The van der Waals surface area contributed by atoms with E-state index >= 15 is 0 Å². The fourth-order valence-corrected chi connectivity index (χ4v) is 0.722. The maximum Gasteiger partial charge on any atom is 0.272 e. The van der Waals surface area contributed by atoms with E-state index in [0.717, 1.165) is 0 Å². The molecule has 7 heteroatoms. The van der Waals surface area contributed by atoms with Crippen molar-refractivity contribution in [3.63, 3.8) is 0 Å². The molecule has 0 aliphatic carbocycles. The van der Waals surface area contributed by atoms with Crippen LogP contribution in [-0.4, -0.2) is 28.6 Å². The third kappa shape index (κ3) is 2.70. The molecule has 0 atom stereocenters. The summed E-state index contributed by atoms with van der Waals surface area (Å²) in [5, 5.41) is 9.26. The standard InChI is InChI=1S/C7H9N5O2/c8-5-2-1-4(11-12-5)7(14)10-3-6(9)13/h1-2H,3H2,(H2,8,12)(H2,9,13)(H,10,14). The van der Waals surface area contributed by atoms with Crippen LogP contribution >= 0.6 is 0 Å². The Morgan fingerprint density at radius 1 is 1.36 bits per heavy atom. The number of carbonyl (C=O) groups excluding carboxylic acids is 2. The summed E-state index contributed by atoms with van der Waals surface area (Å²) in [6.45, 7) is -0.231. The molecule has 74 valence electrons. The summed E-state index contributed by atoms with van der Waals surface area (Å²) in [6.07, 6.45) is 0. The number of hydrogen-bond acceptors (Lipinski definition) is 5. The van der Waals surface area contributed by atoms with Crippen LogP contribution < -0.4 is 16.8 Å². The number of rotatable bonds is 3. The fourth-order valence-electron chi connectivity index (χ4n) is 0.722. The Hall–Kier alpha value is -2.18. The molecule has 0 radical (unpaired) electrons. The number of nitrogens with two attached hydrogens (primary N) is 2. The average molecular weight is 195 g/mol. The highest BCUT2D eigenvalue weighted by molar-refractivity contribution is 5.94. The molecule has 0 aliphatic heterocycles. The predicted molar refractivity (Wildman–Crippen MR) is 48.0 cm³/mol. The molecule has 0 aromatic carbocycles. The minimum atomic E-state index is -0.623. The first kappa shape index (κ1) is 9.90. The molecule has 1 aromatic heterocycles. The summed E-state index contributed by atoms with van der Waals surface area (Å²) in [5.74, 6) is -0.922. The lowest BCUT2D eigenvalue weighted by atomic mass is 10.3. The van der Waals surface area contributed by atoms with Crippen molar-refractivity contribution in [1.29, 1.82) is 0 Å². The zero-order valence-electron chi connectivity index (χ0n) is 7.23. The van der Waals surface area contributed by atoms with E-state index < -0.39 is 11.8 Å². The normalized spacial score (nSPS) is 9.43. The second-order valence-electron chi connectivity index (χ2n) is 2.49. The van der Waals surface area contributed by atoms with Crippen LogP contribution in [0.3, 0.4) is 0 Å². The van der Waals surface area contributed by atoms with E-state index in [1.807, 2.05) is 0 Å². The van der Waals surface area contributed by atoms with Crippen LogP contribution in [0.15, 0.2) is 12.1 Å². The van der Waals surface area contributed by atoms with Gasteiger partial charge in [0.05, 0.1) is 6.54 Å². The Labute approximate surface area is 79.5 Å². The highest BCUT2D eigenvalue weighted by atomic mass is 16.2. The molecular weight excluding hydrogens is 186 g/mol. The quantitative estimate of drug-likeness (QED) is 0.528. The number of anilines is 1. The third-order valence-electron chi connectivity index (χ3n) is 1.34. The van der Waals surface area contributed by atoms with Crippen LogP contribution in [0.25, 0.3) is 0 Å². The molecular formula is C7H9N5O2. The Kier molecular flexibility index (Phi) is 2.95. The van der Waals surface area contributed by atoms with Crippen LogP contribution in [0.5, 0.6) is 0 Å². The molecule has 1 heterocycles. The minimum absolute atomic E-state index is 0.0838. The molecule has 1 rings (SSSR count). The van der Waals surface area contributed by atoms with Gasteiger partial charge in [0.2, 0.25) is 5.91 Å². The van der Waals surface area contributed by atoms with Gasteiger partial charge in [-0.05, 0) is 12.1 Å². The van der Waals surface area contributed by atoms with Gasteiger partial charge in [-0.1, -0.05) is 0 Å². The largest absolute Gasteiger partial charge is 0.382 e. The number of nitrogens with zero attached hydrogens (tertiary/aromatic N) is 2. The molecule has 0 bridgehead atoms. The zero-order valence-corrected chi connectivity index (χ0v) is 7.23. The molecule has 0 unspecified atom stereocenters. The van der Waals surface area contributed by atoms with Gasteiger partial charge in [0.25, 0.3) is 5.91 Å². The fraction of sp³-hybridized carbons (Fsp3) is 0.143. The second kappa shape index (κ2) is 4.17. The second-order valence-corrected chi connectivity index (χ2v) is 2.49. The highest BCUT2D eigenvalue weighted by Crippen LogP contribution is 1.96. The summed E-state index contributed by atoms with van der Waals surface area (Å²) in [5.41, 5.74) is 10.2. The van der Waals surface area contributed by atoms with Gasteiger partial charge in [-0.3, -0.25) is 9.59 Å². The monoisotopic (exact) mass is 195 g/mol.